The Morgan fingerprint density at radius 3 is 2.35 bits per heavy atom. The number of ketones is 3. The fourth-order valence-corrected chi connectivity index (χ4v) is 7.59. The molecule has 2 heterocycles. The van der Waals surface area contributed by atoms with Gasteiger partial charge in [0.25, 0.3) is 0 Å². The standard InChI is InChI=1S/C44H56N6O9S/c1-5-25(2)43(58)50-33-20-29-11-12-36(52)30(19-29)21-32-23-47-41(60-32)16-15-39(55)46-24-34(38(54)22-31(42(45)57)18-28-9-7-6-8-10-28)49-40(56)14-13-35(51)27(4)48-44(59)26(3)17-37(33)53/h6-12,19,23,25-27,31,33-34,52H,5,13-18,20-22,24H2,1-4H3,(H2,45,57)(H,46,55)(H,48,59)(H,49,56)(H,50,58)/t25-,26+,27-,31+,33-,34-/m0/s1. The van der Waals surface area contributed by atoms with Crippen molar-refractivity contribution in [2.24, 2.45) is 23.5 Å². The summed E-state index contributed by atoms with van der Waals surface area (Å²) in [6.07, 6.45) is 1.91. The van der Waals surface area contributed by atoms with Gasteiger partial charge in [-0.25, -0.2) is 4.98 Å². The Bertz CT molecular complexity index is 2040. The van der Waals surface area contributed by atoms with E-state index in [9.17, 15) is 43.5 Å². The number of carbonyl (C=O) groups is 8. The van der Waals surface area contributed by atoms with Crippen molar-refractivity contribution in [3.8, 4) is 5.75 Å². The van der Waals surface area contributed by atoms with E-state index in [1.807, 2.05) is 13.0 Å². The molecule has 0 aliphatic carbocycles. The molecule has 1 aliphatic heterocycles. The molecule has 322 valence electrons. The van der Waals surface area contributed by atoms with Crippen LogP contribution in [0, 0.1) is 17.8 Å². The van der Waals surface area contributed by atoms with E-state index in [1.54, 1.807) is 56.4 Å². The topological polar surface area (TPSA) is 244 Å². The molecule has 5 amide bonds. The highest BCUT2D eigenvalue weighted by Gasteiger charge is 2.30. The van der Waals surface area contributed by atoms with Crippen LogP contribution in [0.5, 0.6) is 5.75 Å². The molecule has 0 saturated heterocycles. The fraction of sp³-hybridized carbons (Fsp3) is 0.477. The van der Waals surface area contributed by atoms with Crippen LogP contribution in [0.4, 0.5) is 0 Å². The maximum atomic E-state index is 13.7. The zero-order valence-corrected chi connectivity index (χ0v) is 35.4. The van der Waals surface area contributed by atoms with Crippen LogP contribution < -0.4 is 27.0 Å². The largest absolute Gasteiger partial charge is 0.508 e. The Hall–Kier alpha value is -5.77. The Kier molecular flexibility index (Phi) is 17.6. The van der Waals surface area contributed by atoms with Crippen molar-refractivity contribution in [2.75, 3.05) is 6.54 Å². The molecule has 1 aromatic heterocycles. The number of nitrogens with zero attached hydrogens (tertiary/aromatic N) is 1. The second-order valence-corrected chi connectivity index (χ2v) is 16.8. The van der Waals surface area contributed by atoms with Crippen molar-refractivity contribution in [1.82, 2.24) is 26.3 Å². The summed E-state index contributed by atoms with van der Waals surface area (Å²) in [5.41, 5.74) is 7.70. The normalized spacial score (nSPS) is 21.4. The molecule has 4 rings (SSSR count). The van der Waals surface area contributed by atoms with Crippen molar-refractivity contribution in [1.29, 1.82) is 0 Å². The minimum Gasteiger partial charge on any atom is -0.508 e. The molecule has 6 atom stereocenters. The zero-order chi connectivity index (χ0) is 43.9. The lowest BCUT2D eigenvalue weighted by molar-refractivity contribution is -0.134. The Morgan fingerprint density at radius 1 is 0.933 bits per heavy atom. The lowest BCUT2D eigenvalue weighted by atomic mass is 9.91. The first-order valence-corrected chi connectivity index (χ1v) is 21.2. The van der Waals surface area contributed by atoms with E-state index in [4.69, 9.17) is 5.73 Å². The number of nitrogens with one attached hydrogen (secondary N) is 4. The van der Waals surface area contributed by atoms with Crippen LogP contribution >= 0.6 is 11.3 Å². The third kappa shape index (κ3) is 14.5. The van der Waals surface area contributed by atoms with Crippen molar-refractivity contribution < 1.29 is 43.5 Å². The van der Waals surface area contributed by atoms with Gasteiger partial charge in [0.05, 0.1) is 17.1 Å². The van der Waals surface area contributed by atoms with E-state index in [1.165, 1.54) is 24.3 Å². The first-order valence-electron chi connectivity index (χ1n) is 20.3. The molecule has 0 radical (unpaired) electrons. The average Bonchev–Trinajstić information content (AvgIpc) is 3.67. The summed E-state index contributed by atoms with van der Waals surface area (Å²) < 4.78 is 0. The molecule has 16 heteroatoms. The highest BCUT2D eigenvalue weighted by molar-refractivity contribution is 7.11. The van der Waals surface area contributed by atoms with Gasteiger partial charge in [0.2, 0.25) is 29.5 Å². The van der Waals surface area contributed by atoms with Gasteiger partial charge in [-0.1, -0.05) is 63.2 Å². The van der Waals surface area contributed by atoms with Gasteiger partial charge in [0.15, 0.2) is 17.3 Å². The third-order valence-electron chi connectivity index (χ3n) is 10.7. The predicted octanol–water partition coefficient (Wildman–Crippen LogP) is 2.81. The number of amides is 5. The molecule has 7 N–H and O–H groups in total. The number of rotatable bonds is 9. The molecule has 0 unspecified atom stereocenters. The van der Waals surface area contributed by atoms with Crippen LogP contribution in [0.2, 0.25) is 0 Å². The Balaban J connectivity index is 1.57. The predicted molar refractivity (Wildman–Crippen MR) is 224 cm³/mol. The first kappa shape index (κ1) is 46.9. The molecule has 3 aromatic rings. The van der Waals surface area contributed by atoms with Crippen LogP contribution in [-0.4, -0.2) is 81.6 Å². The number of phenols is 1. The summed E-state index contributed by atoms with van der Waals surface area (Å²) in [6.45, 7) is 6.34. The number of thiazole rings is 1. The number of aromatic nitrogens is 1. The number of primary amides is 1. The number of fused-ring (bicyclic) bond motifs is 4. The molecule has 1 aliphatic rings. The van der Waals surface area contributed by atoms with E-state index < -0.39 is 65.2 Å². The van der Waals surface area contributed by atoms with Crippen molar-refractivity contribution in [3.05, 3.63) is 81.3 Å². The Labute approximate surface area is 354 Å². The number of carbonyl (C=O) groups excluding carboxylic acids is 8. The van der Waals surface area contributed by atoms with Crippen LogP contribution in [0.25, 0.3) is 0 Å². The van der Waals surface area contributed by atoms with Gasteiger partial charge >= 0.3 is 0 Å². The average molecular weight is 845 g/mol. The molecular weight excluding hydrogens is 789 g/mol. The molecule has 4 bridgehead atoms. The number of aryl methyl sites for hydroxylation is 1. The summed E-state index contributed by atoms with van der Waals surface area (Å²) in [5.74, 6) is -6.15. The molecule has 2 aromatic carbocycles. The lowest BCUT2D eigenvalue weighted by Gasteiger charge is -2.23. The van der Waals surface area contributed by atoms with Crippen molar-refractivity contribution >= 4 is 58.2 Å². The number of hydrogen-bond donors (Lipinski definition) is 6. The summed E-state index contributed by atoms with van der Waals surface area (Å²) in [7, 11) is 0. The van der Waals surface area contributed by atoms with Gasteiger partial charge < -0.3 is 32.1 Å². The van der Waals surface area contributed by atoms with Crippen LogP contribution in [0.1, 0.15) is 92.8 Å². The first-order chi connectivity index (χ1) is 28.5. The summed E-state index contributed by atoms with van der Waals surface area (Å²) in [4.78, 5) is 111. The number of nitrogens with two attached hydrogens (primary N) is 1. The fourth-order valence-electron chi connectivity index (χ4n) is 6.64. The lowest BCUT2D eigenvalue weighted by Crippen LogP contribution is -2.49. The maximum Gasteiger partial charge on any atom is 0.223 e. The van der Waals surface area contributed by atoms with Crippen LogP contribution in [0.3, 0.4) is 0 Å². The molecule has 0 fully saturated rings. The van der Waals surface area contributed by atoms with Crippen LogP contribution in [-0.2, 0) is 64.0 Å². The highest BCUT2D eigenvalue weighted by atomic mass is 32.1. The van der Waals surface area contributed by atoms with Gasteiger partial charge in [-0.15, -0.1) is 11.3 Å². The third-order valence-corrected chi connectivity index (χ3v) is 11.7. The molecular formula is C44H56N6O9S. The molecule has 0 saturated carbocycles. The van der Waals surface area contributed by atoms with E-state index in [2.05, 4.69) is 26.3 Å². The second-order valence-electron chi connectivity index (χ2n) is 15.6. The van der Waals surface area contributed by atoms with Crippen molar-refractivity contribution in [2.45, 2.75) is 110 Å². The zero-order valence-electron chi connectivity index (χ0n) is 34.6. The van der Waals surface area contributed by atoms with Gasteiger partial charge in [-0.3, -0.25) is 38.4 Å². The quantitative estimate of drug-likeness (QED) is 0.184. The molecule has 0 spiro atoms. The monoisotopic (exact) mass is 844 g/mol. The summed E-state index contributed by atoms with van der Waals surface area (Å²) >= 11 is 1.35. The number of hydrogen-bond acceptors (Lipinski definition) is 11. The summed E-state index contributed by atoms with van der Waals surface area (Å²) in [5, 5.41) is 22.2. The molecule has 15 nitrogen and oxygen atoms in total. The maximum absolute atomic E-state index is 13.7. The minimum absolute atomic E-state index is 0.00891. The van der Waals surface area contributed by atoms with Gasteiger partial charge in [0, 0.05) is 80.3 Å². The Morgan fingerprint density at radius 2 is 1.65 bits per heavy atom. The number of phenolic OH excluding ortho intramolecular Hbond substituents is 1. The number of benzene rings is 2. The van der Waals surface area contributed by atoms with Crippen molar-refractivity contribution in [3.63, 3.8) is 0 Å². The van der Waals surface area contributed by atoms with Crippen LogP contribution in [0.15, 0.2) is 54.7 Å². The second kappa shape index (κ2) is 22.6. The van der Waals surface area contributed by atoms with Gasteiger partial charge in [0.1, 0.15) is 11.8 Å². The van der Waals surface area contributed by atoms with E-state index in [0.29, 0.717) is 29.0 Å². The van der Waals surface area contributed by atoms with E-state index in [-0.39, 0.29) is 81.3 Å². The minimum atomic E-state index is -1.24. The van der Waals surface area contributed by atoms with Gasteiger partial charge in [-0.2, -0.15) is 0 Å². The highest BCUT2D eigenvalue weighted by Crippen LogP contribution is 2.26. The molecule has 60 heavy (non-hydrogen) atoms. The number of aromatic hydroxyl groups is 1. The van der Waals surface area contributed by atoms with Gasteiger partial charge in [-0.05, 0) is 48.9 Å². The SMILES string of the molecule is CC[C@H](C)C(=O)N[C@H]1Cc2ccc(O)c(c2)Cc2cnc(s2)CCC(=O)NC[C@@H](C(=O)C[C@@H](Cc2ccccc2)C(N)=O)NC(=O)CCC(=O)[C@H](C)NC(=O)[C@H](C)CC1=O. The smallest absolute Gasteiger partial charge is 0.223 e. The van der Waals surface area contributed by atoms with E-state index in [0.717, 1.165) is 10.4 Å². The summed E-state index contributed by atoms with van der Waals surface area (Å²) in [6, 6.07) is 10.7. The number of Topliss-reactive ketones (excluding diaryl/α,β-unsaturated/α-hetero) is 3. The van der Waals surface area contributed by atoms with E-state index >= 15 is 0 Å².